The Bertz CT molecular complexity index is 372. The van der Waals surface area contributed by atoms with Gasteiger partial charge in [0.05, 0.1) is 5.60 Å². The minimum Gasteiger partial charge on any atom is -0.477 e. The topological polar surface area (TPSA) is 82.5 Å². The maximum atomic E-state index is 10.7. The number of carbonyl (C=O) groups is 1. The Morgan fingerprint density at radius 3 is 2.75 bits per heavy atom. The molecule has 0 spiro atoms. The van der Waals surface area contributed by atoms with Crippen LogP contribution in [0.25, 0.3) is 0 Å². The fourth-order valence-electron chi connectivity index (χ4n) is 1.15. The van der Waals surface area contributed by atoms with E-state index in [-0.39, 0.29) is 5.69 Å². The first-order valence-corrected chi connectivity index (χ1v) is 5.05. The lowest BCUT2D eigenvalue weighted by atomic mass is 10.1. The molecule has 5 nitrogen and oxygen atoms in total. The molecule has 0 aliphatic rings. The van der Waals surface area contributed by atoms with E-state index in [2.05, 4.69) is 10.3 Å². The van der Waals surface area contributed by atoms with Crippen LogP contribution in [-0.2, 0) is 0 Å². The average Bonchev–Trinajstić information content (AvgIpc) is 2.16. The van der Waals surface area contributed by atoms with Crippen LogP contribution >= 0.6 is 0 Å². The molecular weight excluding hydrogens is 208 g/mol. The Morgan fingerprint density at radius 1 is 1.50 bits per heavy atom. The Kier molecular flexibility index (Phi) is 3.84. The first-order chi connectivity index (χ1) is 7.38. The molecule has 0 aromatic carbocycles. The van der Waals surface area contributed by atoms with Gasteiger partial charge in [-0.1, -0.05) is 6.07 Å². The molecule has 0 bridgehead atoms. The van der Waals surface area contributed by atoms with Gasteiger partial charge < -0.3 is 15.5 Å². The molecule has 0 fully saturated rings. The average molecular weight is 224 g/mol. The summed E-state index contributed by atoms with van der Waals surface area (Å²) in [6.45, 7) is 3.98. The second kappa shape index (κ2) is 4.94. The number of anilines is 1. The van der Waals surface area contributed by atoms with E-state index in [1.54, 1.807) is 26.0 Å². The van der Waals surface area contributed by atoms with Gasteiger partial charge in [0.15, 0.2) is 5.69 Å². The lowest BCUT2D eigenvalue weighted by molar-refractivity contribution is 0.0688. The third-order valence-corrected chi connectivity index (χ3v) is 2.01. The van der Waals surface area contributed by atoms with Crippen molar-refractivity contribution in [2.75, 3.05) is 11.9 Å². The van der Waals surface area contributed by atoms with E-state index in [1.165, 1.54) is 6.07 Å². The molecule has 0 atom stereocenters. The molecule has 0 amide bonds. The molecule has 88 valence electrons. The second-order valence-corrected chi connectivity index (χ2v) is 4.20. The van der Waals surface area contributed by atoms with Crippen LogP contribution in [0.15, 0.2) is 18.2 Å². The van der Waals surface area contributed by atoms with Crippen LogP contribution in [0.4, 0.5) is 5.82 Å². The van der Waals surface area contributed by atoms with Crippen molar-refractivity contribution in [3.63, 3.8) is 0 Å². The number of nitrogens with zero attached hydrogens (tertiary/aromatic N) is 1. The quantitative estimate of drug-likeness (QED) is 0.703. The molecule has 0 unspecified atom stereocenters. The summed E-state index contributed by atoms with van der Waals surface area (Å²) in [6, 6.07) is 4.75. The van der Waals surface area contributed by atoms with Crippen LogP contribution in [0.1, 0.15) is 30.8 Å². The third-order valence-electron chi connectivity index (χ3n) is 2.01. The van der Waals surface area contributed by atoms with E-state index in [0.717, 1.165) is 0 Å². The highest BCUT2D eigenvalue weighted by Crippen LogP contribution is 2.09. The molecule has 0 aliphatic heterocycles. The van der Waals surface area contributed by atoms with Crippen molar-refractivity contribution in [1.29, 1.82) is 0 Å². The first-order valence-electron chi connectivity index (χ1n) is 5.05. The van der Waals surface area contributed by atoms with Crippen molar-refractivity contribution >= 4 is 11.8 Å². The van der Waals surface area contributed by atoms with Crippen LogP contribution in [0.3, 0.4) is 0 Å². The number of aromatic nitrogens is 1. The molecule has 1 aromatic rings. The zero-order chi connectivity index (χ0) is 12.2. The van der Waals surface area contributed by atoms with Gasteiger partial charge in [0.25, 0.3) is 0 Å². The van der Waals surface area contributed by atoms with Gasteiger partial charge in [-0.25, -0.2) is 9.78 Å². The minimum absolute atomic E-state index is 0.00765. The first kappa shape index (κ1) is 12.4. The SMILES string of the molecule is CC(C)(O)CCNc1cccc(C(=O)O)n1. The van der Waals surface area contributed by atoms with Crippen LogP contribution in [-0.4, -0.2) is 33.3 Å². The summed E-state index contributed by atoms with van der Waals surface area (Å²) in [5.41, 5.74) is -0.731. The molecule has 0 aliphatic carbocycles. The molecule has 0 saturated heterocycles. The Hall–Kier alpha value is -1.62. The molecule has 1 aromatic heterocycles. The van der Waals surface area contributed by atoms with Gasteiger partial charge in [-0.3, -0.25) is 0 Å². The second-order valence-electron chi connectivity index (χ2n) is 4.20. The van der Waals surface area contributed by atoms with E-state index in [0.29, 0.717) is 18.8 Å². The van der Waals surface area contributed by atoms with E-state index in [9.17, 15) is 9.90 Å². The van der Waals surface area contributed by atoms with Crippen LogP contribution in [0, 0.1) is 0 Å². The molecule has 3 N–H and O–H groups in total. The Balaban J connectivity index is 2.55. The predicted octanol–water partition coefficient (Wildman–Crippen LogP) is 1.35. The van der Waals surface area contributed by atoms with Crippen molar-refractivity contribution in [2.24, 2.45) is 0 Å². The molecule has 16 heavy (non-hydrogen) atoms. The molecule has 1 heterocycles. The Morgan fingerprint density at radius 2 is 2.19 bits per heavy atom. The maximum absolute atomic E-state index is 10.7. The lowest BCUT2D eigenvalue weighted by Crippen LogP contribution is -2.23. The Labute approximate surface area is 94.1 Å². The van der Waals surface area contributed by atoms with E-state index in [1.807, 2.05) is 0 Å². The van der Waals surface area contributed by atoms with Crippen molar-refractivity contribution < 1.29 is 15.0 Å². The highest BCUT2D eigenvalue weighted by atomic mass is 16.4. The lowest BCUT2D eigenvalue weighted by Gasteiger charge is -2.17. The van der Waals surface area contributed by atoms with Crippen LogP contribution < -0.4 is 5.32 Å². The molecule has 1 rings (SSSR count). The molecule has 5 heteroatoms. The largest absolute Gasteiger partial charge is 0.477 e. The molecule has 0 saturated carbocycles. The van der Waals surface area contributed by atoms with Gasteiger partial charge in [0, 0.05) is 6.54 Å². The number of nitrogens with one attached hydrogen (secondary N) is 1. The summed E-state index contributed by atoms with van der Waals surface area (Å²) in [7, 11) is 0. The maximum Gasteiger partial charge on any atom is 0.354 e. The number of carboxylic acid groups (broad SMARTS) is 1. The predicted molar refractivity (Wildman–Crippen MR) is 60.6 cm³/mol. The monoisotopic (exact) mass is 224 g/mol. The van der Waals surface area contributed by atoms with Gasteiger partial charge in [0.1, 0.15) is 5.82 Å². The van der Waals surface area contributed by atoms with Crippen molar-refractivity contribution in [3.8, 4) is 0 Å². The fraction of sp³-hybridized carbons (Fsp3) is 0.455. The van der Waals surface area contributed by atoms with E-state index >= 15 is 0 Å². The fourth-order valence-corrected chi connectivity index (χ4v) is 1.15. The number of hydrogen-bond donors (Lipinski definition) is 3. The standard InChI is InChI=1S/C11H16N2O3/c1-11(2,16)6-7-12-9-5-3-4-8(13-9)10(14)15/h3-5,16H,6-7H2,1-2H3,(H,12,13)(H,14,15). The highest BCUT2D eigenvalue weighted by Gasteiger charge is 2.11. The molecule has 0 radical (unpaired) electrons. The number of aliphatic hydroxyl groups is 1. The zero-order valence-corrected chi connectivity index (χ0v) is 9.40. The zero-order valence-electron chi connectivity index (χ0n) is 9.40. The molecular formula is C11H16N2O3. The van der Waals surface area contributed by atoms with E-state index < -0.39 is 11.6 Å². The highest BCUT2D eigenvalue weighted by molar-refractivity contribution is 5.85. The van der Waals surface area contributed by atoms with Crippen molar-refractivity contribution in [1.82, 2.24) is 4.98 Å². The summed E-state index contributed by atoms with van der Waals surface area (Å²) >= 11 is 0. The third kappa shape index (κ3) is 4.27. The summed E-state index contributed by atoms with van der Waals surface area (Å²) in [6.07, 6.45) is 0.561. The van der Waals surface area contributed by atoms with Crippen LogP contribution in [0.2, 0.25) is 0 Å². The number of carboxylic acids is 1. The van der Waals surface area contributed by atoms with E-state index in [4.69, 9.17) is 5.11 Å². The van der Waals surface area contributed by atoms with Gasteiger partial charge in [-0.2, -0.15) is 0 Å². The number of aromatic carboxylic acids is 1. The van der Waals surface area contributed by atoms with Gasteiger partial charge >= 0.3 is 5.97 Å². The summed E-state index contributed by atoms with van der Waals surface area (Å²) < 4.78 is 0. The summed E-state index contributed by atoms with van der Waals surface area (Å²) in [5, 5.41) is 21.2. The minimum atomic E-state index is -1.05. The van der Waals surface area contributed by atoms with Gasteiger partial charge in [-0.15, -0.1) is 0 Å². The van der Waals surface area contributed by atoms with Gasteiger partial charge in [0.2, 0.25) is 0 Å². The van der Waals surface area contributed by atoms with Crippen LogP contribution in [0.5, 0.6) is 0 Å². The summed E-state index contributed by atoms with van der Waals surface area (Å²) in [5.74, 6) is -0.546. The smallest absolute Gasteiger partial charge is 0.354 e. The van der Waals surface area contributed by atoms with Crippen molar-refractivity contribution in [2.45, 2.75) is 25.9 Å². The summed E-state index contributed by atoms with van der Waals surface area (Å²) in [4.78, 5) is 14.6. The number of rotatable bonds is 5. The number of hydrogen-bond acceptors (Lipinski definition) is 4. The normalized spacial score (nSPS) is 11.2. The van der Waals surface area contributed by atoms with Crippen molar-refractivity contribution in [3.05, 3.63) is 23.9 Å². The number of pyridine rings is 1. The van der Waals surface area contributed by atoms with Gasteiger partial charge in [-0.05, 0) is 32.4 Å².